The second-order valence-corrected chi connectivity index (χ2v) is 9.03. The van der Waals surface area contributed by atoms with E-state index in [1.165, 1.54) is 5.57 Å². The van der Waals surface area contributed by atoms with Crippen LogP contribution in [-0.4, -0.2) is 34.6 Å². The van der Waals surface area contributed by atoms with Crippen LogP contribution in [0.15, 0.2) is 70.9 Å². The van der Waals surface area contributed by atoms with Gasteiger partial charge in [0, 0.05) is 6.42 Å². The van der Waals surface area contributed by atoms with Crippen LogP contribution in [0.4, 0.5) is 0 Å². The van der Waals surface area contributed by atoms with Gasteiger partial charge in [0.25, 0.3) is 0 Å². The molecular formula is C25H36O3. The van der Waals surface area contributed by atoms with Crippen LogP contribution < -0.4 is 0 Å². The van der Waals surface area contributed by atoms with Crippen molar-refractivity contribution in [3.05, 3.63) is 70.9 Å². The fourth-order valence-corrected chi connectivity index (χ4v) is 4.23. The van der Waals surface area contributed by atoms with Crippen molar-refractivity contribution in [3.63, 3.8) is 0 Å². The van der Waals surface area contributed by atoms with Crippen LogP contribution in [-0.2, 0) is 4.74 Å². The normalized spacial score (nSPS) is 31.6. The van der Waals surface area contributed by atoms with Gasteiger partial charge in [-0.25, -0.2) is 0 Å². The van der Waals surface area contributed by atoms with Crippen molar-refractivity contribution in [2.75, 3.05) is 6.61 Å². The first-order valence-electron chi connectivity index (χ1n) is 10.1. The zero-order chi connectivity index (χ0) is 20.9. The summed E-state index contributed by atoms with van der Waals surface area (Å²) in [7, 11) is 0. The summed E-state index contributed by atoms with van der Waals surface area (Å²) in [5.74, 6) is 0. The average Bonchev–Trinajstić information content (AvgIpc) is 2.96. The molecule has 2 N–H and O–H groups in total. The minimum atomic E-state index is -0.370. The smallest absolute Gasteiger partial charge is 0.0982 e. The van der Waals surface area contributed by atoms with E-state index in [4.69, 9.17) is 9.84 Å². The molecule has 0 aromatic rings. The first kappa shape index (κ1) is 22.6. The summed E-state index contributed by atoms with van der Waals surface area (Å²) in [4.78, 5) is 0. The van der Waals surface area contributed by atoms with Crippen molar-refractivity contribution in [1.82, 2.24) is 0 Å². The lowest BCUT2D eigenvalue weighted by Crippen LogP contribution is -2.45. The number of ether oxygens (including phenoxy) is 1. The van der Waals surface area contributed by atoms with Gasteiger partial charge in [-0.1, -0.05) is 62.0 Å². The summed E-state index contributed by atoms with van der Waals surface area (Å²) < 4.78 is 6.38. The van der Waals surface area contributed by atoms with Gasteiger partial charge in [0.15, 0.2) is 0 Å². The molecule has 0 spiro atoms. The highest BCUT2D eigenvalue weighted by molar-refractivity contribution is 5.37. The summed E-state index contributed by atoms with van der Waals surface area (Å²) in [5.41, 5.74) is 4.16. The molecule has 1 fully saturated rings. The molecule has 154 valence electrons. The Kier molecular flexibility index (Phi) is 7.44. The number of allylic oxidation sites excluding steroid dienone is 8. The maximum Gasteiger partial charge on any atom is 0.0982 e. The highest BCUT2D eigenvalue weighted by Gasteiger charge is 2.50. The molecule has 3 atom stereocenters. The zero-order valence-corrected chi connectivity index (χ0v) is 18.2. The molecule has 1 aliphatic carbocycles. The molecule has 0 bridgehead atoms. The molecule has 0 amide bonds. The minimum Gasteiger partial charge on any atom is -0.393 e. The summed E-state index contributed by atoms with van der Waals surface area (Å²) >= 11 is 0. The Morgan fingerprint density at radius 1 is 1.07 bits per heavy atom. The Balaban J connectivity index is 2.04. The van der Waals surface area contributed by atoms with Gasteiger partial charge < -0.3 is 14.9 Å². The molecule has 0 aromatic heterocycles. The Bertz CT molecular complexity index is 746. The van der Waals surface area contributed by atoms with E-state index >= 15 is 0 Å². The van der Waals surface area contributed by atoms with Crippen LogP contribution in [0.25, 0.3) is 0 Å². The molecular weight excluding hydrogens is 348 g/mol. The Labute approximate surface area is 170 Å². The standard InChI is InChI=1S/C25H36O3/c1-18(10-7-8-11-19(2)17-26)12-9-13-20(3)22-14-23-24(4,5)15-21(27)16-25(23,6)28-22/h7-14,21-22,26-27H,15-17H2,1-6H3/b8-7+,12-9+,18-10+,19-11+,20-13+/t21-,22+,25+/m0/s1. The molecule has 1 aliphatic heterocycles. The fourth-order valence-electron chi connectivity index (χ4n) is 4.23. The average molecular weight is 385 g/mol. The van der Waals surface area contributed by atoms with E-state index in [0.717, 1.165) is 23.1 Å². The molecule has 1 saturated carbocycles. The molecule has 3 heteroatoms. The Morgan fingerprint density at radius 3 is 2.43 bits per heavy atom. The quantitative estimate of drug-likeness (QED) is 0.489. The summed E-state index contributed by atoms with van der Waals surface area (Å²) in [5, 5.41) is 19.2. The van der Waals surface area contributed by atoms with Crippen molar-refractivity contribution in [3.8, 4) is 0 Å². The Morgan fingerprint density at radius 2 is 1.75 bits per heavy atom. The van der Waals surface area contributed by atoms with Gasteiger partial charge in [-0.05, 0) is 62.3 Å². The van der Waals surface area contributed by atoms with Crippen LogP contribution in [0.3, 0.4) is 0 Å². The van der Waals surface area contributed by atoms with Crippen molar-refractivity contribution in [1.29, 1.82) is 0 Å². The van der Waals surface area contributed by atoms with E-state index < -0.39 is 0 Å². The molecule has 2 rings (SSSR count). The number of rotatable bonds is 6. The van der Waals surface area contributed by atoms with Crippen LogP contribution in [0.1, 0.15) is 54.4 Å². The van der Waals surface area contributed by atoms with Gasteiger partial charge in [-0.3, -0.25) is 0 Å². The zero-order valence-electron chi connectivity index (χ0n) is 18.2. The van der Waals surface area contributed by atoms with Crippen molar-refractivity contribution in [2.45, 2.75) is 72.2 Å². The van der Waals surface area contributed by atoms with Gasteiger partial charge in [0.05, 0.1) is 24.4 Å². The molecule has 0 aromatic carbocycles. The molecule has 28 heavy (non-hydrogen) atoms. The van der Waals surface area contributed by atoms with Gasteiger partial charge in [-0.2, -0.15) is 0 Å². The molecule has 1 heterocycles. The van der Waals surface area contributed by atoms with E-state index in [0.29, 0.717) is 6.42 Å². The summed E-state index contributed by atoms with van der Waals surface area (Å²) in [6.45, 7) is 12.6. The first-order valence-corrected chi connectivity index (χ1v) is 10.1. The maximum absolute atomic E-state index is 10.3. The second kappa shape index (κ2) is 9.21. The molecule has 0 saturated heterocycles. The number of aliphatic hydroxyl groups excluding tert-OH is 2. The third-order valence-corrected chi connectivity index (χ3v) is 5.64. The molecule has 0 unspecified atom stereocenters. The molecule has 0 radical (unpaired) electrons. The van der Waals surface area contributed by atoms with Crippen LogP contribution >= 0.6 is 0 Å². The fraction of sp³-hybridized carbons (Fsp3) is 0.520. The lowest BCUT2D eigenvalue weighted by atomic mass is 9.65. The van der Waals surface area contributed by atoms with Crippen LogP contribution in [0, 0.1) is 5.41 Å². The maximum atomic E-state index is 10.3. The van der Waals surface area contributed by atoms with Gasteiger partial charge in [0.1, 0.15) is 0 Å². The first-order chi connectivity index (χ1) is 13.1. The lowest BCUT2D eigenvalue weighted by Gasteiger charge is -2.44. The van der Waals surface area contributed by atoms with Crippen molar-refractivity contribution >= 4 is 0 Å². The Hall–Kier alpha value is -1.68. The van der Waals surface area contributed by atoms with Crippen molar-refractivity contribution < 1.29 is 14.9 Å². The van der Waals surface area contributed by atoms with E-state index in [1.54, 1.807) is 0 Å². The predicted octanol–water partition coefficient (Wildman–Crippen LogP) is 5.19. The highest BCUT2D eigenvalue weighted by Crippen LogP contribution is 2.51. The monoisotopic (exact) mass is 384 g/mol. The summed E-state index contributed by atoms with van der Waals surface area (Å²) in [6, 6.07) is 0. The van der Waals surface area contributed by atoms with E-state index in [9.17, 15) is 5.11 Å². The highest BCUT2D eigenvalue weighted by atomic mass is 16.5. The number of aliphatic hydroxyl groups is 2. The topological polar surface area (TPSA) is 49.7 Å². The van der Waals surface area contributed by atoms with Crippen LogP contribution in [0.5, 0.6) is 0 Å². The van der Waals surface area contributed by atoms with E-state index in [1.807, 2.05) is 31.2 Å². The minimum absolute atomic E-state index is 0.0359. The summed E-state index contributed by atoms with van der Waals surface area (Å²) in [6.07, 6.45) is 17.4. The predicted molar refractivity (Wildman–Crippen MR) is 117 cm³/mol. The number of hydrogen-bond acceptors (Lipinski definition) is 3. The number of hydrogen-bond donors (Lipinski definition) is 2. The largest absolute Gasteiger partial charge is 0.393 e. The van der Waals surface area contributed by atoms with E-state index in [-0.39, 0.29) is 29.8 Å². The number of fused-ring (bicyclic) bond motifs is 1. The van der Waals surface area contributed by atoms with Gasteiger partial charge in [0.2, 0.25) is 0 Å². The molecule has 2 aliphatic rings. The van der Waals surface area contributed by atoms with Crippen molar-refractivity contribution in [2.24, 2.45) is 5.41 Å². The SMILES string of the molecule is CC(/C=C/C=C(\C)[C@H]1C=C2C(C)(C)C[C@H](O)C[C@@]2(C)O1)=C\C=C\C=C(/C)CO. The second-order valence-electron chi connectivity index (χ2n) is 9.03. The third-order valence-electron chi connectivity index (χ3n) is 5.64. The van der Waals surface area contributed by atoms with Gasteiger partial charge in [-0.15, -0.1) is 0 Å². The molecule has 3 nitrogen and oxygen atoms in total. The third kappa shape index (κ3) is 5.66. The van der Waals surface area contributed by atoms with Crippen LogP contribution in [0.2, 0.25) is 0 Å². The lowest BCUT2D eigenvalue weighted by molar-refractivity contribution is -0.0683. The van der Waals surface area contributed by atoms with Gasteiger partial charge >= 0.3 is 0 Å². The van der Waals surface area contributed by atoms with E-state index in [2.05, 4.69) is 58.9 Å².